The highest BCUT2D eigenvalue weighted by molar-refractivity contribution is 6.74. The van der Waals surface area contributed by atoms with Gasteiger partial charge >= 0.3 is 5.97 Å². The Morgan fingerprint density at radius 1 is 1.18 bits per heavy atom. The SMILES string of the molecule is CC(C)(C)[Si](C)(C)OC1CC2OC(=O)CC2C1C1OCCO1. The molecule has 5 nitrogen and oxygen atoms in total. The lowest BCUT2D eigenvalue weighted by atomic mass is 9.91. The number of ether oxygens (including phenoxy) is 3. The van der Waals surface area contributed by atoms with Crippen LogP contribution >= 0.6 is 0 Å². The second-order valence-corrected chi connectivity index (χ2v) is 13.0. The number of hydrogen-bond donors (Lipinski definition) is 0. The van der Waals surface area contributed by atoms with Gasteiger partial charge in [0.25, 0.3) is 0 Å². The lowest BCUT2D eigenvalue weighted by Gasteiger charge is -2.40. The van der Waals surface area contributed by atoms with E-state index in [1.54, 1.807) is 0 Å². The second kappa shape index (κ2) is 5.58. The van der Waals surface area contributed by atoms with E-state index in [0.717, 1.165) is 6.42 Å². The Kier molecular flexibility index (Phi) is 4.17. The zero-order chi connectivity index (χ0) is 16.1. The first kappa shape index (κ1) is 16.4. The third-order valence-corrected chi connectivity index (χ3v) is 10.3. The zero-order valence-electron chi connectivity index (χ0n) is 14.3. The van der Waals surface area contributed by atoms with Crippen molar-refractivity contribution < 1.29 is 23.4 Å². The molecule has 0 aromatic rings. The molecule has 6 heteroatoms. The van der Waals surface area contributed by atoms with Crippen LogP contribution in [0.1, 0.15) is 33.6 Å². The maximum absolute atomic E-state index is 11.6. The molecule has 0 bridgehead atoms. The number of hydrogen-bond acceptors (Lipinski definition) is 5. The molecule has 0 radical (unpaired) electrons. The van der Waals surface area contributed by atoms with Crippen LogP contribution in [0.15, 0.2) is 0 Å². The average molecular weight is 328 g/mol. The van der Waals surface area contributed by atoms with E-state index in [1.165, 1.54) is 0 Å². The summed E-state index contributed by atoms with van der Waals surface area (Å²) in [6.07, 6.45) is 1.03. The van der Waals surface area contributed by atoms with Crippen molar-refractivity contribution in [1.82, 2.24) is 0 Å². The molecule has 3 rings (SSSR count). The summed E-state index contributed by atoms with van der Waals surface area (Å²) in [5.74, 6) is 0.183. The van der Waals surface area contributed by atoms with Gasteiger partial charge in [0.15, 0.2) is 14.6 Å². The number of carbonyl (C=O) groups is 1. The van der Waals surface area contributed by atoms with Gasteiger partial charge in [-0.25, -0.2) is 0 Å². The fourth-order valence-electron chi connectivity index (χ4n) is 3.55. The first-order chi connectivity index (χ1) is 10.2. The highest BCUT2D eigenvalue weighted by Crippen LogP contribution is 2.48. The number of carbonyl (C=O) groups excluding carboxylic acids is 1. The smallest absolute Gasteiger partial charge is 0.306 e. The van der Waals surface area contributed by atoms with Gasteiger partial charge in [0, 0.05) is 18.3 Å². The van der Waals surface area contributed by atoms with Crippen LogP contribution in [0.4, 0.5) is 0 Å². The molecule has 1 aliphatic carbocycles. The van der Waals surface area contributed by atoms with E-state index in [0.29, 0.717) is 19.6 Å². The van der Waals surface area contributed by atoms with Crippen LogP contribution in [0.2, 0.25) is 18.1 Å². The van der Waals surface area contributed by atoms with Gasteiger partial charge in [0.05, 0.1) is 25.7 Å². The van der Waals surface area contributed by atoms with E-state index >= 15 is 0 Å². The molecule has 2 aliphatic heterocycles. The molecular formula is C16H28O5Si. The summed E-state index contributed by atoms with van der Waals surface area (Å²) in [6, 6.07) is 0. The van der Waals surface area contributed by atoms with Gasteiger partial charge in [-0.2, -0.15) is 0 Å². The van der Waals surface area contributed by atoms with Crippen LogP contribution < -0.4 is 0 Å². The largest absolute Gasteiger partial charge is 0.462 e. The summed E-state index contributed by atoms with van der Waals surface area (Å²) in [7, 11) is -1.88. The van der Waals surface area contributed by atoms with Gasteiger partial charge in [-0.15, -0.1) is 0 Å². The Morgan fingerprint density at radius 2 is 1.82 bits per heavy atom. The molecule has 22 heavy (non-hydrogen) atoms. The first-order valence-electron chi connectivity index (χ1n) is 8.29. The Labute approximate surface area is 133 Å². The monoisotopic (exact) mass is 328 g/mol. The maximum atomic E-state index is 11.6. The van der Waals surface area contributed by atoms with Gasteiger partial charge in [-0.3, -0.25) is 4.79 Å². The first-order valence-corrected chi connectivity index (χ1v) is 11.2. The van der Waals surface area contributed by atoms with Crippen molar-refractivity contribution in [2.75, 3.05) is 13.2 Å². The summed E-state index contributed by atoms with van der Waals surface area (Å²) in [6.45, 7) is 12.5. The van der Waals surface area contributed by atoms with E-state index in [-0.39, 0.29) is 41.3 Å². The molecule has 0 aromatic carbocycles. The normalized spacial score (nSPS) is 36.7. The zero-order valence-corrected chi connectivity index (χ0v) is 15.3. The average Bonchev–Trinajstić information content (AvgIpc) is 3.03. The summed E-state index contributed by atoms with van der Waals surface area (Å²) in [4.78, 5) is 11.6. The summed E-state index contributed by atoms with van der Waals surface area (Å²) in [5, 5.41) is 0.156. The lowest BCUT2D eigenvalue weighted by Crippen LogP contribution is -2.47. The summed E-state index contributed by atoms with van der Waals surface area (Å²) >= 11 is 0. The molecule has 4 unspecified atom stereocenters. The highest BCUT2D eigenvalue weighted by atomic mass is 28.4. The van der Waals surface area contributed by atoms with Crippen LogP contribution in [-0.4, -0.2) is 46.0 Å². The minimum atomic E-state index is -1.88. The van der Waals surface area contributed by atoms with Gasteiger partial charge in [0.2, 0.25) is 0 Å². The van der Waals surface area contributed by atoms with Crippen molar-refractivity contribution in [1.29, 1.82) is 0 Å². The van der Waals surface area contributed by atoms with Crippen molar-refractivity contribution in [2.45, 2.75) is 70.2 Å². The third kappa shape index (κ3) is 2.86. The molecule has 2 saturated heterocycles. The third-order valence-electron chi connectivity index (χ3n) is 5.77. The van der Waals surface area contributed by atoms with Crippen LogP contribution in [0, 0.1) is 11.8 Å². The van der Waals surface area contributed by atoms with Gasteiger partial charge in [-0.05, 0) is 18.1 Å². The van der Waals surface area contributed by atoms with Crippen molar-refractivity contribution in [3.05, 3.63) is 0 Å². The van der Waals surface area contributed by atoms with E-state index in [1.807, 2.05) is 0 Å². The van der Waals surface area contributed by atoms with E-state index in [9.17, 15) is 4.79 Å². The van der Waals surface area contributed by atoms with Crippen LogP contribution in [0.25, 0.3) is 0 Å². The fraction of sp³-hybridized carbons (Fsp3) is 0.938. The number of esters is 1. The molecule has 3 fully saturated rings. The van der Waals surface area contributed by atoms with E-state index < -0.39 is 8.32 Å². The Morgan fingerprint density at radius 3 is 2.41 bits per heavy atom. The molecule has 0 aromatic heterocycles. The Hall–Kier alpha value is -0.433. The van der Waals surface area contributed by atoms with Crippen molar-refractivity contribution >= 4 is 14.3 Å². The summed E-state index contributed by atoms with van der Waals surface area (Å²) in [5.41, 5.74) is 0. The maximum Gasteiger partial charge on any atom is 0.306 e. The van der Waals surface area contributed by atoms with Gasteiger partial charge < -0.3 is 18.6 Å². The highest BCUT2D eigenvalue weighted by Gasteiger charge is 2.56. The minimum Gasteiger partial charge on any atom is -0.462 e. The molecular weight excluding hydrogens is 300 g/mol. The fourth-order valence-corrected chi connectivity index (χ4v) is 4.92. The predicted molar refractivity (Wildman–Crippen MR) is 83.9 cm³/mol. The van der Waals surface area contributed by atoms with Gasteiger partial charge in [-0.1, -0.05) is 20.8 Å². The molecule has 1 saturated carbocycles. The minimum absolute atomic E-state index is 0.0277. The topological polar surface area (TPSA) is 54.0 Å². The molecule has 4 atom stereocenters. The standard InChI is InChI=1S/C16H28O5Si/c1-16(2,3)22(4,5)21-12-9-11-10(8-13(17)20-11)14(12)15-18-6-7-19-15/h10-12,14-15H,6-9H2,1-5H3. The number of fused-ring (bicyclic) bond motifs is 1. The van der Waals surface area contributed by atoms with E-state index in [2.05, 4.69) is 33.9 Å². The molecule has 0 amide bonds. The molecule has 0 spiro atoms. The number of rotatable bonds is 3. The van der Waals surface area contributed by atoms with Crippen LogP contribution in [-0.2, 0) is 23.4 Å². The van der Waals surface area contributed by atoms with E-state index in [4.69, 9.17) is 18.6 Å². The molecule has 2 heterocycles. The molecule has 3 aliphatic rings. The quantitative estimate of drug-likeness (QED) is 0.589. The second-order valence-electron chi connectivity index (χ2n) is 8.24. The van der Waals surface area contributed by atoms with Crippen molar-refractivity contribution in [3.63, 3.8) is 0 Å². The van der Waals surface area contributed by atoms with Gasteiger partial charge in [0.1, 0.15) is 6.10 Å². The Bertz CT molecular complexity index is 438. The lowest BCUT2D eigenvalue weighted by molar-refractivity contribution is -0.142. The van der Waals surface area contributed by atoms with Crippen molar-refractivity contribution in [2.24, 2.45) is 11.8 Å². The molecule has 126 valence electrons. The summed E-state index contributed by atoms with van der Waals surface area (Å²) < 4.78 is 23.7. The predicted octanol–water partition coefficient (Wildman–Crippen LogP) is 2.70. The van der Waals surface area contributed by atoms with Crippen LogP contribution in [0.5, 0.6) is 0 Å². The van der Waals surface area contributed by atoms with Crippen LogP contribution in [0.3, 0.4) is 0 Å². The Balaban J connectivity index is 1.79. The molecule has 0 N–H and O–H groups in total. The van der Waals surface area contributed by atoms with Crippen molar-refractivity contribution in [3.8, 4) is 0 Å².